The van der Waals surface area contributed by atoms with Gasteiger partial charge in [-0.15, -0.1) is 0 Å². The molecule has 0 aliphatic heterocycles. The lowest BCUT2D eigenvalue weighted by Crippen LogP contribution is -2.00. The molecule has 0 saturated carbocycles. The van der Waals surface area contributed by atoms with Gasteiger partial charge in [-0.3, -0.25) is 0 Å². The number of allylic oxidation sites excluding steroid dienone is 1. The van der Waals surface area contributed by atoms with Crippen molar-refractivity contribution in [3.8, 4) is 0 Å². The van der Waals surface area contributed by atoms with Crippen LogP contribution in [0.2, 0.25) is 0 Å². The van der Waals surface area contributed by atoms with Crippen molar-refractivity contribution < 1.29 is 0 Å². The SMILES string of the molecule is Cc1cc2c(nn1)C=CCC2. The van der Waals surface area contributed by atoms with Gasteiger partial charge in [-0.25, -0.2) is 0 Å². The summed E-state index contributed by atoms with van der Waals surface area (Å²) in [6, 6.07) is 2.12. The number of aryl methyl sites for hydroxylation is 2. The highest BCUT2D eigenvalue weighted by atomic mass is 15.1. The van der Waals surface area contributed by atoms with Gasteiger partial charge in [-0.05, 0) is 37.5 Å². The summed E-state index contributed by atoms with van der Waals surface area (Å²) in [4.78, 5) is 0. The first-order valence-corrected chi connectivity index (χ1v) is 3.86. The summed E-state index contributed by atoms with van der Waals surface area (Å²) in [6.07, 6.45) is 6.44. The average molecular weight is 146 g/mol. The minimum atomic E-state index is 1.01. The minimum absolute atomic E-state index is 1.01. The van der Waals surface area contributed by atoms with Crippen LogP contribution < -0.4 is 0 Å². The second kappa shape index (κ2) is 2.46. The van der Waals surface area contributed by atoms with E-state index in [-0.39, 0.29) is 0 Å². The van der Waals surface area contributed by atoms with Crippen LogP contribution in [0.1, 0.15) is 23.4 Å². The summed E-state index contributed by atoms with van der Waals surface area (Å²) in [6.45, 7) is 1.98. The zero-order chi connectivity index (χ0) is 7.68. The maximum atomic E-state index is 4.08. The fourth-order valence-corrected chi connectivity index (χ4v) is 1.33. The molecule has 0 N–H and O–H groups in total. The van der Waals surface area contributed by atoms with E-state index in [1.807, 2.05) is 13.0 Å². The first kappa shape index (κ1) is 6.53. The van der Waals surface area contributed by atoms with Gasteiger partial charge in [0.15, 0.2) is 0 Å². The molecule has 0 amide bonds. The van der Waals surface area contributed by atoms with Crippen molar-refractivity contribution in [1.29, 1.82) is 0 Å². The summed E-state index contributed by atoms with van der Waals surface area (Å²) >= 11 is 0. The van der Waals surface area contributed by atoms with E-state index in [1.165, 1.54) is 5.56 Å². The molecule has 0 fully saturated rings. The summed E-state index contributed by atoms with van der Waals surface area (Å²) in [5.74, 6) is 0. The Morgan fingerprint density at radius 2 is 2.27 bits per heavy atom. The van der Waals surface area contributed by atoms with Gasteiger partial charge in [0.05, 0.1) is 11.4 Å². The van der Waals surface area contributed by atoms with Crippen molar-refractivity contribution in [1.82, 2.24) is 10.2 Å². The zero-order valence-corrected chi connectivity index (χ0v) is 6.54. The maximum Gasteiger partial charge on any atom is 0.0886 e. The molecule has 1 aromatic rings. The highest BCUT2D eigenvalue weighted by Gasteiger charge is 2.05. The Labute approximate surface area is 66.0 Å². The molecule has 0 atom stereocenters. The van der Waals surface area contributed by atoms with E-state index in [1.54, 1.807) is 0 Å². The number of fused-ring (bicyclic) bond motifs is 1. The van der Waals surface area contributed by atoms with Gasteiger partial charge in [0.2, 0.25) is 0 Å². The molecule has 0 unspecified atom stereocenters. The van der Waals surface area contributed by atoms with Gasteiger partial charge in [-0.2, -0.15) is 10.2 Å². The molecular formula is C9H10N2. The summed E-state index contributed by atoms with van der Waals surface area (Å²) < 4.78 is 0. The van der Waals surface area contributed by atoms with Crippen LogP contribution in [0.15, 0.2) is 12.1 Å². The number of hydrogen-bond acceptors (Lipinski definition) is 2. The largest absolute Gasteiger partial charge is 0.155 e. The van der Waals surface area contributed by atoms with Crippen molar-refractivity contribution in [2.45, 2.75) is 19.8 Å². The number of aromatic nitrogens is 2. The van der Waals surface area contributed by atoms with Crippen molar-refractivity contribution in [3.63, 3.8) is 0 Å². The molecule has 56 valence electrons. The zero-order valence-electron chi connectivity index (χ0n) is 6.54. The highest BCUT2D eigenvalue weighted by molar-refractivity contribution is 5.51. The lowest BCUT2D eigenvalue weighted by atomic mass is 10.0. The van der Waals surface area contributed by atoms with Crippen LogP contribution in [-0.4, -0.2) is 10.2 Å². The Morgan fingerprint density at radius 3 is 3.18 bits per heavy atom. The molecule has 1 aromatic heterocycles. The lowest BCUT2D eigenvalue weighted by Gasteiger charge is -2.07. The molecule has 0 saturated heterocycles. The first-order chi connectivity index (χ1) is 5.36. The quantitative estimate of drug-likeness (QED) is 0.557. The molecule has 0 radical (unpaired) electrons. The summed E-state index contributed by atoms with van der Waals surface area (Å²) in [7, 11) is 0. The Morgan fingerprint density at radius 1 is 1.36 bits per heavy atom. The Hall–Kier alpha value is -1.18. The Balaban J connectivity index is 2.53. The molecule has 1 heterocycles. The van der Waals surface area contributed by atoms with Gasteiger partial charge in [0.1, 0.15) is 0 Å². The summed E-state index contributed by atoms with van der Waals surface area (Å²) in [5, 5.41) is 8.07. The number of nitrogens with zero attached hydrogens (tertiary/aromatic N) is 2. The number of hydrogen-bond donors (Lipinski definition) is 0. The van der Waals surface area contributed by atoms with Crippen LogP contribution in [0.5, 0.6) is 0 Å². The molecule has 2 rings (SSSR count). The number of rotatable bonds is 0. The van der Waals surface area contributed by atoms with Crippen LogP contribution in [0.25, 0.3) is 6.08 Å². The van der Waals surface area contributed by atoms with Crippen LogP contribution in [0, 0.1) is 6.92 Å². The van der Waals surface area contributed by atoms with Crippen molar-refractivity contribution >= 4 is 6.08 Å². The fraction of sp³-hybridized carbons (Fsp3) is 0.333. The molecule has 1 aliphatic rings. The van der Waals surface area contributed by atoms with Crippen LogP contribution in [-0.2, 0) is 6.42 Å². The molecule has 1 aliphatic carbocycles. The third kappa shape index (κ3) is 1.16. The third-order valence-corrected chi connectivity index (χ3v) is 1.88. The minimum Gasteiger partial charge on any atom is -0.155 e. The summed E-state index contributed by atoms with van der Waals surface area (Å²) in [5.41, 5.74) is 3.39. The molecular weight excluding hydrogens is 136 g/mol. The van der Waals surface area contributed by atoms with Gasteiger partial charge < -0.3 is 0 Å². The first-order valence-electron chi connectivity index (χ1n) is 3.86. The second-order valence-electron chi connectivity index (χ2n) is 2.84. The molecule has 2 heteroatoms. The monoisotopic (exact) mass is 146 g/mol. The van der Waals surface area contributed by atoms with Crippen molar-refractivity contribution in [3.05, 3.63) is 29.1 Å². The molecule has 0 bridgehead atoms. The predicted molar refractivity (Wildman–Crippen MR) is 44.1 cm³/mol. The standard InChI is InChI=1S/C9H10N2/c1-7-6-8-4-2-3-5-9(8)11-10-7/h3,5-6H,2,4H2,1H3. The van der Waals surface area contributed by atoms with Crippen molar-refractivity contribution in [2.24, 2.45) is 0 Å². The second-order valence-corrected chi connectivity index (χ2v) is 2.84. The Kier molecular flexibility index (Phi) is 1.46. The molecule has 0 spiro atoms. The Bertz CT molecular complexity index is 302. The van der Waals surface area contributed by atoms with E-state index in [0.717, 1.165) is 24.2 Å². The van der Waals surface area contributed by atoms with Gasteiger partial charge in [-0.1, -0.05) is 6.08 Å². The predicted octanol–water partition coefficient (Wildman–Crippen LogP) is 1.74. The van der Waals surface area contributed by atoms with Crippen LogP contribution >= 0.6 is 0 Å². The molecule has 2 nitrogen and oxygen atoms in total. The van der Waals surface area contributed by atoms with E-state index in [9.17, 15) is 0 Å². The molecule has 0 aromatic carbocycles. The smallest absolute Gasteiger partial charge is 0.0886 e. The fourth-order valence-electron chi connectivity index (χ4n) is 1.33. The van der Waals surface area contributed by atoms with E-state index >= 15 is 0 Å². The van der Waals surface area contributed by atoms with E-state index < -0.39 is 0 Å². The average Bonchev–Trinajstić information content (AvgIpc) is 2.04. The maximum absolute atomic E-state index is 4.08. The molecule has 11 heavy (non-hydrogen) atoms. The van der Waals surface area contributed by atoms with Gasteiger partial charge in [0, 0.05) is 0 Å². The van der Waals surface area contributed by atoms with Crippen LogP contribution in [0.3, 0.4) is 0 Å². The van der Waals surface area contributed by atoms with E-state index in [4.69, 9.17) is 0 Å². The lowest BCUT2D eigenvalue weighted by molar-refractivity contribution is 0.891. The van der Waals surface area contributed by atoms with Gasteiger partial charge >= 0.3 is 0 Å². The van der Waals surface area contributed by atoms with E-state index in [0.29, 0.717) is 0 Å². The van der Waals surface area contributed by atoms with Gasteiger partial charge in [0.25, 0.3) is 0 Å². The van der Waals surface area contributed by atoms with Crippen LogP contribution in [0.4, 0.5) is 0 Å². The van der Waals surface area contributed by atoms with Crippen molar-refractivity contribution in [2.75, 3.05) is 0 Å². The normalized spacial score (nSPS) is 14.6. The van der Waals surface area contributed by atoms with E-state index in [2.05, 4.69) is 22.3 Å². The highest BCUT2D eigenvalue weighted by Crippen LogP contribution is 2.15. The topological polar surface area (TPSA) is 25.8 Å². The third-order valence-electron chi connectivity index (χ3n) is 1.88.